The van der Waals surface area contributed by atoms with E-state index in [1.807, 2.05) is 13.8 Å². The average molecular weight is 457 g/mol. The number of hydrogen-bond donors (Lipinski definition) is 1. The molecule has 176 valence electrons. The number of carbonyl (C=O) groups excluding carboxylic acids is 2. The highest BCUT2D eigenvalue weighted by Gasteiger charge is 2.46. The van der Waals surface area contributed by atoms with E-state index < -0.39 is 23.5 Å². The summed E-state index contributed by atoms with van der Waals surface area (Å²) in [5.41, 5.74) is 0.803. The molecule has 8 heteroatoms. The fourth-order valence-corrected chi connectivity index (χ4v) is 4.03. The standard InChI is InChI=1S/C25H29FN2O5/c1-5-27(6-2)13-14-28-22(17-9-12-19(32-3)20(15-17)33-4)21(24(30)25(28)31)23(29)16-7-10-18(26)11-8-16/h7-12,15,22,29H,5-6,13-14H2,1-4H3/b23-21+/t22-/m0/s1. The van der Waals surface area contributed by atoms with Gasteiger partial charge in [0.2, 0.25) is 0 Å². The molecule has 1 N–H and O–H groups in total. The highest BCUT2D eigenvalue weighted by Crippen LogP contribution is 2.41. The normalized spacial score (nSPS) is 17.6. The number of aliphatic hydroxyl groups is 1. The van der Waals surface area contributed by atoms with E-state index in [4.69, 9.17) is 9.47 Å². The lowest BCUT2D eigenvalue weighted by Gasteiger charge is -2.28. The Morgan fingerprint density at radius 3 is 2.24 bits per heavy atom. The molecule has 1 aliphatic heterocycles. The second kappa shape index (κ2) is 10.5. The van der Waals surface area contributed by atoms with Crippen LogP contribution in [0.3, 0.4) is 0 Å². The van der Waals surface area contributed by atoms with E-state index in [-0.39, 0.29) is 16.9 Å². The van der Waals surface area contributed by atoms with Crippen molar-refractivity contribution in [1.29, 1.82) is 0 Å². The van der Waals surface area contributed by atoms with Crippen LogP contribution in [0.5, 0.6) is 11.5 Å². The van der Waals surface area contributed by atoms with Crippen LogP contribution in [0.25, 0.3) is 5.76 Å². The number of methoxy groups -OCH3 is 2. The molecule has 0 aromatic heterocycles. The molecular formula is C25H29FN2O5. The quantitative estimate of drug-likeness (QED) is 0.353. The Kier molecular flexibility index (Phi) is 7.71. The number of likely N-dealkylation sites (N-methyl/N-ethyl adjacent to an activating group) is 1. The third-order valence-electron chi connectivity index (χ3n) is 5.93. The van der Waals surface area contributed by atoms with E-state index in [2.05, 4.69) is 4.90 Å². The van der Waals surface area contributed by atoms with Crippen LogP contribution in [-0.4, -0.2) is 67.0 Å². The SMILES string of the molecule is CCN(CC)CCN1C(=O)C(=O)/C(=C(/O)c2ccc(F)cc2)[C@@H]1c1ccc(OC)c(OC)c1. The van der Waals surface area contributed by atoms with E-state index in [9.17, 15) is 19.1 Å². The fraction of sp³-hybridized carbons (Fsp3) is 0.360. The van der Waals surface area contributed by atoms with Gasteiger partial charge >= 0.3 is 0 Å². The molecule has 7 nitrogen and oxygen atoms in total. The van der Waals surface area contributed by atoms with Crippen molar-refractivity contribution in [2.24, 2.45) is 0 Å². The van der Waals surface area contributed by atoms with Crippen LogP contribution in [0.15, 0.2) is 48.0 Å². The van der Waals surface area contributed by atoms with Gasteiger partial charge in [0.15, 0.2) is 11.5 Å². The molecule has 0 saturated carbocycles. The van der Waals surface area contributed by atoms with Gasteiger partial charge in [-0.2, -0.15) is 0 Å². The largest absolute Gasteiger partial charge is 0.507 e. The fourth-order valence-electron chi connectivity index (χ4n) is 4.03. The molecule has 0 spiro atoms. The van der Waals surface area contributed by atoms with Crippen LogP contribution in [-0.2, 0) is 9.59 Å². The lowest BCUT2D eigenvalue weighted by atomic mass is 9.95. The number of rotatable bonds is 9. The lowest BCUT2D eigenvalue weighted by Crippen LogP contribution is -2.38. The Balaban J connectivity index is 2.14. The molecule has 1 aliphatic rings. The summed E-state index contributed by atoms with van der Waals surface area (Å²) in [7, 11) is 3.01. The molecule has 1 atom stereocenters. The molecule has 1 saturated heterocycles. The molecule has 33 heavy (non-hydrogen) atoms. The predicted octanol–water partition coefficient (Wildman–Crippen LogP) is 3.61. The number of likely N-dealkylation sites (tertiary alicyclic amines) is 1. The summed E-state index contributed by atoms with van der Waals surface area (Å²) in [6, 6.07) is 9.42. The van der Waals surface area contributed by atoms with E-state index in [1.165, 1.54) is 43.4 Å². The van der Waals surface area contributed by atoms with Gasteiger partial charge < -0.3 is 24.4 Å². The van der Waals surface area contributed by atoms with Gasteiger partial charge in [-0.05, 0) is 55.1 Å². The van der Waals surface area contributed by atoms with E-state index in [1.54, 1.807) is 18.2 Å². The number of halogens is 1. The molecule has 2 aromatic carbocycles. The third kappa shape index (κ3) is 4.85. The molecule has 1 heterocycles. The van der Waals surface area contributed by atoms with Gasteiger partial charge in [-0.25, -0.2) is 4.39 Å². The van der Waals surface area contributed by atoms with Crippen molar-refractivity contribution in [2.45, 2.75) is 19.9 Å². The topological polar surface area (TPSA) is 79.3 Å². The van der Waals surface area contributed by atoms with Crippen molar-refractivity contribution in [3.05, 3.63) is 65.0 Å². The molecule has 0 radical (unpaired) electrons. The van der Waals surface area contributed by atoms with Gasteiger partial charge in [0, 0.05) is 18.7 Å². The Hall–Kier alpha value is -3.39. The molecule has 0 bridgehead atoms. The van der Waals surface area contributed by atoms with E-state index in [0.29, 0.717) is 30.2 Å². The molecule has 0 unspecified atom stereocenters. The number of carbonyl (C=O) groups is 2. The Morgan fingerprint density at radius 2 is 1.67 bits per heavy atom. The molecule has 1 fully saturated rings. The van der Waals surface area contributed by atoms with Crippen molar-refractivity contribution in [1.82, 2.24) is 9.80 Å². The van der Waals surface area contributed by atoms with Crippen molar-refractivity contribution < 1.29 is 28.6 Å². The van der Waals surface area contributed by atoms with Crippen LogP contribution < -0.4 is 9.47 Å². The lowest BCUT2D eigenvalue weighted by molar-refractivity contribution is -0.140. The van der Waals surface area contributed by atoms with E-state index in [0.717, 1.165) is 13.1 Å². The molecule has 1 amide bonds. The van der Waals surface area contributed by atoms with Crippen LogP contribution in [0.2, 0.25) is 0 Å². The monoisotopic (exact) mass is 456 g/mol. The first-order valence-corrected chi connectivity index (χ1v) is 10.8. The van der Waals surface area contributed by atoms with Crippen molar-refractivity contribution >= 4 is 17.4 Å². The Bertz CT molecular complexity index is 1050. The predicted molar refractivity (Wildman–Crippen MR) is 123 cm³/mol. The van der Waals surface area contributed by atoms with Crippen LogP contribution in [0, 0.1) is 5.82 Å². The zero-order valence-electron chi connectivity index (χ0n) is 19.3. The summed E-state index contributed by atoms with van der Waals surface area (Å²) in [5.74, 6) is -1.35. The molecule has 3 rings (SSSR count). The zero-order chi connectivity index (χ0) is 24.1. The minimum absolute atomic E-state index is 0.0432. The summed E-state index contributed by atoms with van der Waals surface area (Å²) in [6.45, 7) is 6.52. The maximum absolute atomic E-state index is 13.4. The van der Waals surface area contributed by atoms with Crippen LogP contribution in [0.1, 0.15) is 31.0 Å². The Labute approximate surface area is 193 Å². The van der Waals surface area contributed by atoms with Gasteiger partial charge in [-0.15, -0.1) is 0 Å². The zero-order valence-corrected chi connectivity index (χ0v) is 19.3. The first kappa shape index (κ1) is 24.3. The maximum Gasteiger partial charge on any atom is 0.295 e. The summed E-state index contributed by atoms with van der Waals surface area (Å²) >= 11 is 0. The van der Waals surface area contributed by atoms with Gasteiger partial charge in [0.1, 0.15) is 11.6 Å². The first-order chi connectivity index (χ1) is 15.9. The van der Waals surface area contributed by atoms with Gasteiger partial charge in [-0.1, -0.05) is 19.9 Å². The Morgan fingerprint density at radius 1 is 1.03 bits per heavy atom. The average Bonchev–Trinajstić information content (AvgIpc) is 3.09. The first-order valence-electron chi connectivity index (χ1n) is 10.8. The van der Waals surface area contributed by atoms with Crippen LogP contribution >= 0.6 is 0 Å². The number of amides is 1. The number of nitrogens with zero attached hydrogens (tertiary/aromatic N) is 2. The minimum Gasteiger partial charge on any atom is -0.507 e. The summed E-state index contributed by atoms with van der Waals surface area (Å²) < 4.78 is 24.1. The van der Waals surface area contributed by atoms with Gasteiger partial charge in [0.25, 0.3) is 11.7 Å². The number of Topliss-reactive ketones (excluding diaryl/α,β-unsaturated/α-hetero) is 1. The van der Waals surface area contributed by atoms with Crippen molar-refractivity contribution in [3.8, 4) is 11.5 Å². The third-order valence-corrected chi connectivity index (χ3v) is 5.93. The summed E-state index contributed by atoms with van der Waals surface area (Å²) in [6.07, 6.45) is 0. The summed E-state index contributed by atoms with van der Waals surface area (Å²) in [4.78, 5) is 29.8. The second-order valence-corrected chi connectivity index (χ2v) is 7.64. The van der Waals surface area contributed by atoms with Gasteiger partial charge in [-0.3, -0.25) is 9.59 Å². The van der Waals surface area contributed by atoms with Gasteiger partial charge in [0.05, 0.1) is 25.8 Å². The van der Waals surface area contributed by atoms with E-state index >= 15 is 0 Å². The van der Waals surface area contributed by atoms with Crippen LogP contribution in [0.4, 0.5) is 4.39 Å². The number of hydrogen-bond acceptors (Lipinski definition) is 6. The highest BCUT2D eigenvalue weighted by molar-refractivity contribution is 6.46. The van der Waals surface area contributed by atoms with Crippen molar-refractivity contribution in [2.75, 3.05) is 40.4 Å². The number of benzene rings is 2. The molecule has 2 aromatic rings. The smallest absolute Gasteiger partial charge is 0.295 e. The number of aliphatic hydroxyl groups excluding tert-OH is 1. The van der Waals surface area contributed by atoms with Crippen molar-refractivity contribution in [3.63, 3.8) is 0 Å². The summed E-state index contributed by atoms with van der Waals surface area (Å²) in [5, 5.41) is 11.0. The number of ether oxygens (including phenoxy) is 2. The molecular weight excluding hydrogens is 427 g/mol. The maximum atomic E-state index is 13.4. The highest BCUT2D eigenvalue weighted by atomic mass is 19.1. The second-order valence-electron chi connectivity index (χ2n) is 7.64. The molecule has 0 aliphatic carbocycles. The minimum atomic E-state index is -0.828. The number of ketones is 1.